The molecule has 128 valence electrons. The second-order valence-electron chi connectivity index (χ2n) is 4.70. The van der Waals surface area contributed by atoms with Gasteiger partial charge in [0.25, 0.3) is 0 Å². The molecule has 1 aromatic heterocycles. The van der Waals surface area contributed by atoms with Crippen LogP contribution in [0.25, 0.3) is 11.4 Å². The van der Waals surface area contributed by atoms with E-state index in [0.717, 1.165) is 12.0 Å². The number of hydroxylamine groups is 2. The molecule has 10 heteroatoms. The molecule has 0 bridgehead atoms. The van der Waals surface area contributed by atoms with Crippen molar-refractivity contribution in [3.8, 4) is 11.4 Å². The molecule has 1 heterocycles. The molecule has 0 saturated carbocycles. The summed E-state index contributed by atoms with van der Waals surface area (Å²) in [6.45, 7) is 1.11. The monoisotopic (exact) mass is 343 g/mol. The number of Topliss-reactive ketones (excluding diaryl/α,β-unsaturated/α-hetero) is 1. The number of amides is 1. The van der Waals surface area contributed by atoms with E-state index in [0.29, 0.717) is 11.1 Å². The normalized spacial score (nSPS) is 11.4. The Kier molecular flexibility index (Phi) is 4.98. The summed E-state index contributed by atoms with van der Waals surface area (Å²) in [5.41, 5.74) is 0.898. The van der Waals surface area contributed by atoms with Gasteiger partial charge in [0.05, 0.1) is 13.7 Å². The summed E-state index contributed by atoms with van der Waals surface area (Å²) in [6, 6.07) is 6.01. The van der Waals surface area contributed by atoms with Gasteiger partial charge < -0.3 is 4.52 Å². The fraction of sp³-hybridized carbons (Fsp3) is 0.286. The topological polar surface area (TPSA) is 85.5 Å². The molecule has 0 aliphatic heterocycles. The summed E-state index contributed by atoms with van der Waals surface area (Å²) in [5, 5.41) is 4.14. The van der Waals surface area contributed by atoms with Gasteiger partial charge in [0.2, 0.25) is 11.6 Å². The third-order valence-electron chi connectivity index (χ3n) is 2.95. The highest BCUT2D eigenvalue weighted by atomic mass is 19.4. The van der Waals surface area contributed by atoms with Gasteiger partial charge in [0.15, 0.2) is 0 Å². The van der Waals surface area contributed by atoms with Gasteiger partial charge in [0.1, 0.15) is 0 Å². The minimum atomic E-state index is -4.71. The molecule has 1 aromatic carbocycles. The number of nitrogens with zero attached hydrogens (tertiary/aromatic N) is 3. The van der Waals surface area contributed by atoms with Crippen LogP contribution in [0.15, 0.2) is 28.8 Å². The Morgan fingerprint density at radius 3 is 2.33 bits per heavy atom. The Morgan fingerprint density at radius 2 is 1.88 bits per heavy atom. The van der Waals surface area contributed by atoms with Crippen LogP contribution in [0.2, 0.25) is 0 Å². The fourth-order valence-corrected chi connectivity index (χ4v) is 1.78. The fourth-order valence-electron chi connectivity index (χ4n) is 1.78. The Labute approximate surface area is 134 Å². The summed E-state index contributed by atoms with van der Waals surface area (Å²) in [7, 11) is 1.24. The molecule has 7 nitrogen and oxygen atoms in total. The molecular weight excluding hydrogens is 331 g/mol. The molecule has 0 spiro atoms. The lowest BCUT2D eigenvalue weighted by Gasteiger charge is -2.18. The zero-order valence-electron chi connectivity index (χ0n) is 12.6. The van der Waals surface area contributed by atoms with Crippen LogP contribution >= 0.6 is 0 Å². The third kappa shape index (κ3) is 3.96. The van der Waals surface area contributed by atoms with E-state index in [2.05, 4.69) is 14.7 Å². The lowest BCUT2D eigenvalue weighted by Crippen LogP contribution is -2.33. The van der Waals surface area contributed by atoms with E-state index in [1.807, 2.05) is 0 Å². The Hall–Kier alpha value is -2.75. The maximum atomic E-state index is 12.4. The summed E-state index contributed by atoms with van der Waals surface area (Å²) in [4.78, 5) is 30.7. The van der Waals surface area contributed by atoms with Gasteiger partial charge in [-0.15, -0.1) is 0 Å². The van der Waals surface area contributed by atoms with Crippen LogP contribution in [-0.4, -0.2) is 34.0 Å². The molecular formula is C14H12F3N3O4. The number of benzene rings is 1. The molecule has 0 atom stereocenters. The van der Waals surface area contributed by atoms with E-state index in [9.17, 15) is 22.8 Å². The van der Waals surface area contributed by atoms with E-state index < -0.39 is 23.8 Å². The number of aromatic nitrogens is 2. The van der Waals surface area contributed by atoms with Crippen LogP contribution in [0.5, 0.6) is 0 Å². The van der Waals surface area contributed by atoms with E-state index in [-0.39, 0.29) is 12.4 Å². The van der Waals surface area contributed by atoms with E-state index >= 15 is 0 Å². The SMILES string of the molecule is CON(Cc1ccc(-c2noc(C(F)(F)F)n2)cc1)C(=O)C(C)=O. The van der Waals surface area contributed by atoms with Crippen LogP contribution in [0, 0.1) is 0 Å². The van der Waals surface area contributed by atoms with Gasteiger partial charge in [-0.2, -0.15) is 18.2 Å². The van der Waals surface area contributed by atoms with Crippen molar-refractivity contribution in [3.63, 3.8) is 0 Å². The molecule has 0 fully saturated rings. The lowest BCUT2D eigenvalue weighted by molar-refractivity contribution is -0.181. The van der Waals surface area contributed by atoms with Gasteiger partial charge in [-0.3, -0.25) is 14.4 Å². The number of hydrogen-bond acceptors (Lipinski definition) is 6. The van der Waals surface area contributed by atoms with E-state index in [4.69, 9.17) is 4.84 Å². The highest BCUT2D eigenvalue weighted by Crippen LogP contribution is 2.29. The molecule has 0 saturated heterocycles. The average Bonchev–Trinajstić information content (AvgIpc) is 3.02. The predicted molar refractivity (Wildman–Crippen MR) is 73.0 cm³/mol. The molecule has 0 aliphatic rings. The van der Waals surface area contributed by atoms with Crippen LogP contribution in [0.3, 0.4) is 0 Å². The molecule has 1 amide bonds. The summed E-state index contributed by atoms with van der Waals surface area (Å²) in [5.74, 6) is -3.13. The van der Waals surface area contributed by atoms with Gasteiger partial charge in [-0.1, -0.05) is 29.4 Å². The molecule has 0 N–H and O–H groups in total. The molecule has 0 radical (unpaired) electrons. The third-order valence-corrected chi connectivity index (χ3v) is 2.95. The first-order valence-corrected chi connectivity index (χ1v) is 6.59. The Bertz CT molecular complexity index is 740. The van der Waals surface area contributed by atoms with Crippen molar-refractivity contribution in [2.75, 3.05) is 7.11 Å². The quantitative estimate of drug-likeness (QED) is 0.611. The first-order valence-electron chi connectivity index (χ1n) is 6.59. The second-order valence-corrected chi connectivity index (χ2v) is 4.70. The van der Waals surface area contributed by atoms with Crippen LogP contribution < -0.4 is 0 Å². The molecule has 24 heavy (non-hydrogen) atoms. The molecule has 0 aliphatic carbocycles. The smallest absolute Gasteiger partial charge is 0.329 e. The number of ketones is 1. The summed E-state index contributed by atoms with van der Waals surface area (Å²) >= 11 is 0. The average molecular weight is 343 g/mol. The maximum absolute atomic E-state index is 12.4. The Balaban J connectivity index is 2.14. The van der Waals surface area contributed by atoms with Crippen molar-refractivity contribution in [2.45, 2.75) is 19.6 Å². The van der Waals surface area contributed by atoms with Crippen LogP contribution in [0.1, 0.15) is 18.4 Å². The van der Waals surface area contributed by atoms with Crippen molar-refractivity contribution in [2.24, 2.45) is 0 Å². The number of alkyl halides is 3. The Morgan fingerprint density at radius 1 is 1.25 bits per heavy atom. The zero-order chi connectivity index (χ0) is 17.9. The second kappa shape index (κ2) is 6.79. The zero-order valence-corrected chi connectivity index (χ0v) is 12.6. The highest BCUT2D eigenvalue weighted by molar-refractivity contribution is 6.34. The minimum Gasteiger partial charge on any atom is -0.329 e. The molecule has 2 rings (SSSR count). The number of halogens is 3. The largest absolute Gasteiger partial charge is 0.471 e. The lowest BCUT2D eigenvalue weighted by atomic mass is 10.1. The van der Waals surface area contributed by atoms with Gasteiger partial charge in [0, 0.05) is 12.5 Å². The minimum absolute atomic E-state index is 0.00472. The number of rotatable bonds is 5. The highest BCUT2D eigenvalue weighted by Gasteiger charge is 2.38. The van der Waals surface area contributed by atoms with E-state index in [1.54, 1.807) is 12.1 Å². The van der Waals surface area contributed by atoms with Gasteiger partial charge >= 0.3 is 18.0 Å². The van der Waals surface area contributed by atoms with Gasteiger partial charge in [-0.05, 0) is 5.56 Å². The number of carbonyl (C=O) groups is 2. The predicted octanol–water partition coefficient (Wildman–Crippen LogP) is 2.23. The first kappa shape index (κ1) is 17.6. The first-order chi connectivity index (χ1) is 11.2. The number of hydrogen-bond donors (Lipinski definition) is 0. The van der Waals surface area contributed by atoms with Crippen LogP contribution in [-0.2, 0) is 27.1 Å². The van der Waals surface area contributed by atoms with Crippen molar-refractivity contribution in [1.82, 2.24) is 15.2 Å². The maximum Gasteiger partial charge on any atom is 0.471 e. The summed E-state index contributed by atoms with van der Waals surface area (Å²) < 4.78 is 41.4. The van der Waals surface area contributed by atoms with Crippen molar-refractivity contribution < 1.29 is 32.1 Å². The van der Waals surface area contributed by atoms with Crippen molar-refractivity contribution >= 4 is 11.7 Å². The summed E-state index contributed by atoms with van der Waals surface area (Å²) in [6.07, 6.45) is -4.71. The van der Waals surface area contributed by atoms with Crippen molar-refractivity contribution in [3.05, 3.63) is 35.7 Å². The standard InChI is InChI=1S/C14H12F3N3O4/c1-8(21)12(22)20(23-2)7-9-3-5-10(6-4-9)11-18-13(24-19-11)14(15,16)17/h3-6H,7H2,1-2H3. The molecule has 0 unspecified atom stereocenters. The van der Waals surface area contributed by atoms with Gasteiger partial charge in [-0.25, -0.2) is 5.06 Å². The van der Waals surface area contributed by atoms with Crippen molar-refractivity contribution in [1.29, 1.82) is 0 Å². The van der Waals surface area contributed by atoms with E-state index in [1.165, 1.54) is 19.2 Å². The molecule has 2 aromatic rings. The van der Waals surface area contributed by atoms with Crippen LogP contribution in [0.4, 0.5) is 13.2 Å². The number of carbonyl (C=O) groups excluding carboxylic acids is 2.